The predicted molar refractivity (Wildman–Crippen MR) is 447 cm³/mol. The van der Waals surface area contributed by atoms with Gasteiger partial charge in [-0.05, 0) is 145 Å². The summed E-state index contributed by atoms with van der Waals surface area (Å²) in [7, 11) is -4.66. The Morgan fingerprint density at radius 1 is 0.452 bits per heavy atom. The van der Waals surface area contributed by atoms with Crippen LogP contribution >= 0.6 is 7.82 Å². The number of hydrogen-bond donors (Lipinski definition) is 11. The number of fused-ring (bicyclic) bond motifs is 9. The normalized spacial score (nSPS) is 11.3. The number of carbonyl (C=O) groups excluding carboxylic acids is 3. The van der Waals surface area contributed by atoms with Crippen molar-refractivity contribution < 1.29 is 62.8 Å². The van der Waals surface area contributed by atoms with E-state index in [4.69, 9.17) is 70.2 Å². The van der Waals surface area contributed by atoms with E-state index < -0.39 is 25.5 Å². The average Bonchev–Trinajstić information content (AvgIpc) is 1.63. The van der Waals surface area contributed by atoms with Crippen LogP contribution in [0.4, 0.5) is 17.5 Å². The predicted octanol–water partition coefficient (Wildman–Crippen LogP) is 10.8. The number of phosphoric ester groups is 1. The molecular formula is C86H98N15O13P. The van der Waals surface area contributed by atoms with Gasteiger partial charge >= 0.3 is 7.82 Å². The highest BCUT2D eigenvalue weighted by molar-refractivity contribution is 7.46. The van der Waals surface area contributed by atoms with Crippen molar-refractivity contribution in [2.75, 3.05) is 76.5 Å². The first-order valence-corrected chi connectivity index (χ1v) is 39.8. The van der Waals surface area contributed by atoms with Gasteiger partial charge in [0, 0.05) is 73.7 Å². The quantitative estimate of drug-likeness (QED) is 0.00760. The number of aromatic nitrogens is 9. The Bertz CT molecular complexity index is 5690. The van der Waals surface area contributed by atoms with Crippen LogP contribution in [0.25, 0.3) is 65.8 Å². The fourth-order valence-corrected chi connectivity index (χ4v) is 13.9. The molecule has 0 atom stereocenters. The number of phosphoric acid groups is 1. The lowest BCUT2D eigenvalue weighted by molar-refractivity contribution is -0.116. The van der Waals surface area contributed by atoms with E-state index in [0.29, 0.717) is 138 Å². The molecule has 0 saturated carbocycles. The molecular weight excluding hydrogens is 1480 g/mol. The van der Waals surface area contributed by atoms with Gasteiger partial charge in [-0.3, -0.25) is 24.2 Å². The highest BCUT2D eigenvalue weighted by Gasteiger charge is 2.24. The second kappa shape index (κ2) is 40.4. The van der Waals surface area contributed by atoms with Crippen LogP contribution < -0.4 is 37.7 Å². The number of aromatic hydroxyl groups is 3. The zero-order valence-electron chi connectivity index (χ0n) is 65.3. The number of nitrogens with one attached hydrogen (secondary N) is 3. The number of phenolic OH excluding ortho intramolecular Hbond substituents is 3. The van der Waals surface area contributed by atoms with Crippen LogP contribution in [0.5, 0.6) is 23.0 Å². The number of ether oxygens (including phenoxy) is 3. The average molecular weight is 1580 g/mol. The van der Waals surface area contributed by atoms with Gasteiger partial charge in [0.2, 0.25) is 0 Å². The van der Waals surface area contributed by atoms with Crippen LogP contribution in [0.1, 0.15) is 121 Å². The van der Waals surface area contributed by atoms with Crippen molar-refractivity contribution in [2.45, 2.75) is 131 Å². The van der Waals surface area contributed by atoms with E-state index in [0.717, 1.165) is 163 Å². The molecule has 28 nitrogen and oxygen atoms in total. The highest BCUT2D eigenvalue weighted by atomic mass is 31.2. The molecule has 3 amide bonds. The maximum atomic E-state index is 11.3. The Kier molecular flexibility index (Phi) is 29.9. The number of para-hydroxylation sites is 1. The summed E-state index contributed by atoms with van der Waals surface area (Å²) >= 11 is 0. The van der Waals surface area contributed by atoms with Gasteiger partial charge in [0.25, 0.3) is 17.7 Å². The molecule has 0 fully saturated rings. The molecule has 0 radical (unpaired) electrons. The topological polar surface area (TPSA) is 413 Å². The monoisotopic (exact) mass is 1580 g/mol. The first-order chi connectivity index (χ1) is 55.4. The Morgan fingerprint density at radius 2 is 0.817 bits per heavy atom. The molecule has 0 aliphatic carbocycles. The summed E-state index contributed by atoms with van der Waals surface area (Å²) in [6.45, 7) is 15.2. The molecule has 6 aromatic heterocycles. The highest BCUT2D eigenvalue weighted by Crippen LogP contribution is 2.41. The van der Waals surface area contributed by atoms with Crippen molar-refractivity contribution in [3.63, 3.8) is 0 Å². The maximum Gasteiger partial charge on any atom is 0.524 e. The van der Waals surface area contributed by atoms with E-state index in [9.17, 15) is 44.1 Å². The SMILES string of the molecule is C#CC(=O)NCCOCCc1ccc2c(c1)nc(N)c1nc(CCCC)n(Cc3ccc(O)c(C)c3)c12.C#CC(=O)NCCOCCc1ccc2c(c1)nc(N)c1nc(CCCC)n(Cc3ccc(OP(=O)(O)O)c(C)c3)c12.C#CC(=O)NCCOCCc1ccc2c(c1)nc(N)c1nc(CCCC)n(Cc3cccc(O)c3O)c12. The summed E-state index contributed by atoms with van der Waals surface area (Å²) in [4.78, 5) is 80.3. The largest absolute Gasteiger partial charge is 0.524 e. The standard InChI is InChI=1S/C29H34N5O6P.C29H33N5O3.C28H31N5O4/c1-4-6-7-25-33-27-28(34(25)18-21-9-11-24(19(3)16-21)40-41(36,37)38)22-10-8-20(17-23(22)32-29(27)30)12-14-39-15-13-31-26(35)5-2;1-4-6-7-25-33-27-28(34(25)18-21-9-11-24(35)19(3)16-21)22-10-8-20(17-23(22)32-29(27)30)12-14-37-15-13-31-26(36)5-2;1-3-5-9-23-32-25-26(33(23)17-19-7-6-8-22(34)27(19)36)20-11-10-18(16-21(20)31-28(25)29)12-14-37-15-13-30-24(35)4-2/h2,8-11,16-17H,4,6-7,12-15,18H2,1,3H3,(H2,30,32)(H,31,35)(H2,36,37,38);2,8-11,16-17,35H,4,6-7,12-15,18H2,1,3H3,(H2,30,32)(H,31,36);2,6-8,10-11,16,34,36H,3,5,9,12-15,17H2,1H3,(H2,29,31)(H,30,35). The van der Waals surface area contributed by atoms with Crippen molar-refractivity contribution in [2.24, 2.45) is 0 Å². The minimum atomic E-state index is -4.66. The molecule has 0 saturated heterocycles. The molecule has 0 spiro atoms. The zero-order chi connectivity index (χ0) is 82.3. The molecule has 600 valence electrons. The van der Waals surface area contributed by atoms with Crippen LogP contribution in [0, 0.1) is 50.9 Å². The van der Waals surface area contributed by atoms with Gasteiger partial charge in [-0.2, -0.15) is 0 Å². The first-order valence-electron chi connectivity index (χ1n) is 38.2. The van der Waals surface area contributed by atoms with Gasteiger partial charge in [0.15, 0.2) is 29.0 Å². The van der Waals surface area contributed by atoms with Crippen molar-refractivity contribution in [1.82, 2.24) is 59.6 Å². The molecule has 0 unspecified atom stereocenters. The van der Waals surface area contributed by atoms with Crippen molar-refractivity contribution >= 4 is 109 Å². The molecule has 115 heavy (non-hydrogen) atoms. The number of benzene rings is 6. The minimum Gasteiger partial charge on any atom is -0.508 e. The van der Waals surface area contributed by atoms with Crippen LogP contribution in [0.2, 0.25) is 0 Å². The van der Waals surface area contributed by atoms with E-state index in [1.165, 1.54) is 6.07 Å². The number of hydrogen-bond acceptors (Lipinski definition) is 20. The second-order valence-electron chi connectivity index (χ2n) is 27.7. The summed E-state index contributed by atoms with van der Waals surface area (Å²) in [6.07, 6.45) is 25.5. The smallest absolute Gasteiger partial charge is 0.508 e. The Morgan fingerprint density at radius 3 is 1.17 bits per heavy atom. The van der Waals surface area contributed by atoms with Gasteiger partial charge in [-0.15, -0.1) is 19.3 Å². The number of terminal acetylenes is 3. The molecule has 29 heteroatoms. The Labute approximate surface area is 666 Å². The summed E-state index contributed by atoms with van der Waals surface area (Å²) in [6, 6.07) is 34.1. The van der Waals surface area contributed by atoms with E-state index in [-0.39, 0.29) is 23.0 Å². The molecule has 6 heterocycles. The van der Waals surface area contributed by atoms with E-state index in [2.05, 4.69) is 77.5 Å². The van der Waals surface area contributed by atoms with Crippen molar-refractivity contribution in [3.05, 3.63) is 171 Å². The molecule has 0 aliphatic heterocycles. The Balaban J connectivity index is 0.000000183. The third kappa shape index (κ3) is 22.3. The zero-order valence-corrected chi connectivity index (χ0v) is 66.2. The number of aryl methyl sites for hydroxylation is 5. The number of amides is 3. The number of nitrogen functional groups attached to an aromatic ring is 3. The first kappa shape index (κ1) is 85.1. The van der Waals surface area contributed by atoms with Gasteiger partial charge in [-0.25, -0.2) is 34.5 Å². The summed E-state index contributed by atoms with van der Waals surface area (Å²) in [5.74, 6) is 8.62. The number of imidazole rings is 3. The fraction of sp³-hybridized carbons (Fsp3) is 0.337. The summed E-state index contributed by atoms with van der Waals surface area (Å²) in [5, 5.41) is 41.0. The van der Waals surface area contributed by atoms with Crippen LogP contribution in [-0.4, -0.2) is 146 Å². The molecule has 14 N–H and O–H groups in total. The molecule has 12 rings (SSSR count). The third-order valence-electron chi connectivity index (χ3n) is 19.2. The lowest BCUT2D eigenvalue weighted by atomic mass is 10.1. The van der Waals surface area contributed by atoms with Gasteiger partial charge in [0.05, 0.1) is 79.3 Å². The Hall–Kier alpha value is -12.3. The number of anilines is 3. The molecule has 12 aromatic rings. The van der Waals surface area contributed by atoms with Crippen LogP contribution in [0.15, 0.2) is 109 Å². The van der Waals surface area contributed by atoms with Crippen LogP contribution in [0.3, 0.4) is 0 Å². The number of pyridine rings is 3. The maximum absolute atomic E-state index is 11.3. The van der Waals surface area contributed by atoms with E-state index >= 15 is 0 Å². The van der Waals surface area contributed by atoms with Gasteiger partial charge in [-0.1, -0.05) is 113 Å². The van der Waals surface area contributed by atoms with Crippen molar-refractivity contribution in [3.8, 4) is 60.0 Å². The third-order valence-corrected chi connectivity index (χ3v) is 19.7. The number of nitrogens with two attached hydrogens (primary N) is 3. The van der Waals surface area contributed by atoms with Gasteiger partial charge in [0.1, 0.15) is 45.5 Å². The van der Waals surface area contributed by atoms with E-state index in [1.54, 1.807) is 37.3 Å². The fourth-order valence-electron chi connectivity index (χ4n) is 13.4. The number of carbonyl (C=O) groups is 3. The van der Waals surface area contributed by atoms with E-state index in [1.807, 2.05) is 85.3 Å². The number of unbranched alkanes of at least 4 members (excludes halogenated alkanes) is 3. The lowest BCUT2D eigenvalue weighted by Crippen LogP contribution is -2.25. The summed E-state index contributed by atoms with van der Waals surface area (Å²) in [5.41, 5.74) is 33.4. The number of nitrogens with zero attached hydrogens (tertiary/aromatic N) is 9. The number of phenols is 3. The molecule has 0 bridgehead atoms. The summed E-state index contributed by atoms with van der Waals surface area (Å²) < 4.78 is 39.4. The van der Waals surface area contributed by atoms with Gasteiger partial charge < -0.3 is 80.9 Å². The van der Waals surface area contributed by atoms with Crippen molar-refractivity contribution in [1.29, 1.82) is 0 Å². The second-order valence-corrected chi connectivity index (χ2v) is 28.8. The minimum absolute atomic E-state index is 0.136. The lowest BCUT2D eigenvalue weighted by Gasteiger charge is -2.14. The molecule has 6 aromatic carbocycles. The molecule has 0 aliphatic rings. The number of rotatable bonds is 35. The van der Waals surface area contributed by atoms with Crippen LogP contribution in [-0.2, 0) is 91.3 Å².